The number of ether oxygens (including phenoxy) is 1. The third kappa shape index (κ3) is 5.75. The first-order valence-corrected chi connectivity index (χ1v) is 10.4. The number of nitrogens with two attached hydrogens (primary N) is 1. The van der Waals surface area contributed by atoms with Crippen LogP contribution in [0.3, 0.4) is 0 Å². The molecule has 0 bridgehead atoms. The van der Waals surface area contributed by atoms with Gasteiger partial charge < -0.3 is 20.5 Å². The van der Waals surface area contributed by atoms with Gasteiger partial charge in [0, 0.05) is 12.2 Å². The van der Waals surface area contributed by atoms with Crippen LogP contribution in [0.25, 0.3) is 5.69 Å². The number of carboxylic acids is 1. The van der Waals surface area contributed by atoms with Crippen molar-refractivity contribution in [2.75, 3.05) is 11.4 Å². The van der Waals surface area contributed by atoms with Gasteiger partial charge in [-0.1, -0.05) is 18.2 Å². The number of aliphatic carboxylic acids is 1. The predicted octanol–water partition coefficient (Wildman–Crippen LogP) is 3.58. The molecule has 2 aromatic carbocycles. The second-order valence-corrected chi connectivity index (χ2v) is 7.79. The van der Waals surface area contributed by atoms with Gasteiger partial charge in [0.05, 0.1) is 18.2 Å². The highest BCUT2D eigenvalue weighted by molar-refractivity contribution is 6.00. The smallest absolute Gasteiger partial charge is 0.433 e. The first-order chi connectivity index (χ1) is 16.1. The lowest BCUT2D eigenvalue weighted by Crippen LogP contribution is -2.44. The molecule has 0 saturated carbocycles. The van der Waals surface area contributed by atoms with E-state index in [1.807, 2.05) is 0 Å². The molecule has 1 amide bonds. The minimum absolute atomic E-state index is 0. The van der Waals surface area contributed by atoms with E-state index in [1.54, 1.807) is 36.4 Å². The number of alkyl halides is 3. The number of nitrogens with zero attached hydrogens (tertiary/aromatic N) is 3. The molecule has 0 saturated heterocycles. The predicted molar refractivity (Wildman–Crippen MR) is 123 cm³/mol. The normalized spacial score (nSPS) is 13.7. The highest BCUT2D eigenvalue weighted by Crippen LogP contribution is 2.34. The van der Waals surface area contributed by atoms with Gasteiger partial charge in [-0.3, -0.25) is 9.59 Å². The Morgan fingerprint density at radius 3 is 2.51 bits per heavy atom. The molecule has 0 fully saturated rings. The number of carbonyl (C=O) groups is 2. The number of rotatable bonds is 7. The van der Waals surface area contributed by atoms with Crippen molar-refractivity contribution in [3.63, 3.8) is 0 Å². The average molecular weight is 511 g/mol. The molecule has 1 aliphatic rings. The Morgan fingerprint density at radius 1 is 1.14 bits per heavy atom. The number of hydrogen-bond acceptors (Lipinski definition) is 5. The van der Waals surface area contributed by atoms with Gasteiger partial charge in [-0.05, 0) is 48.4 Å². The molecule has 1 aliphatic heterocycles. The monoisotopic (exact) mass is 510 g/mol. The van der Waals surface area contributed by atoms with Crippen LogP contribution in [0, 0.1) is 0 Å². The van der Waals surface area contributed by atoms with E-state index >= 15 is 0 Å². The van der Waals surface area contributed by atoms with Gasteiger partial charge in [0.15, 0.2) is 0 Å². The first kappa shape index (κ1) is 26.0. The van der Waals surface area contributed by atoms with E-state index in [0.717, 1.165) is 16.3 Å². The van der Waals surface area contributed by atoms with Gasteiger partial charge in [-0.2, -0.15) is 18.3 Å². The summed E-state index contributed by atoms with van der Waals surface area (Å²) in [4.78, 5) is 24.7. The summed E-state index contributed by atoms with van der Waals surface area (Å²) in [6, 6.07) is 12.7. The minimum atomic E-state index is -4.59. The highest BCUT2D eigenvalue weighted by Gasteiger charge is 2.36. The lowest BCUT2D eigenvalue weighted by atomic mass is 10.1. The molecular formula is C23H22ClF3N4O4. The summed E-state index contributed by atoms with van der Waals surface area (Å²) in [6.45, 7) is 0.162. The van der Waals surface area contributed by atoms with Crippen LogP contribution in [0.15, 0.2) is 54.6 Å². The van der Waals surface area contributed by atoms with Gasteiger partial charge in [0.2, 0.25) is 5.91 Å². The lowest BCUT2D eigenvalue weighted by Gasteiger charge is -2.20. The van der Waals surface area contributed by atoms with Crippen LogP contribution >= 0.6 is 12.4 Å². The summed E-state index contributed by atoms with van der Waals surface area (Å²) < 4.78 is 47.1. The number of aromatic nitrogens is 2. The molecule has 8 nitrogen and oxygen atoms in total. The molecule has 1 aromatic heterocycles. The molecule has 35 heavy (non-hydrogen) atoms. The zero-order chi connectivity index (χ0) is 24.5. The van der Waals surface area contributed by atoms with Crippen molar-refractivity contribution in [2.45, 2.75) is 31.7 Å². The van der Waals surface area contributed by atoms with Crippen molar-refractivity contribution in [1.82, 2.24) is 9.78 Å². The van der Waals surface area contributed by atoms with Crippen LogP contribution in [0.2, 0.25) is 0 Å². The Kier molecular flexibility index (Phi) is 7.71. The molecule has 3 aromatic rings. The summed E-state index contributed by atoms with van der Waals surface area (Å²) in [5, 5.41) is 12.9. The van der Waals surface area contributed by atoms with Crippen molar-refractivity contribution < 1.29 is 32.6 Å². The van der Waals surface area contributed by atoms with Crippen molar-refractivity contribution >= 4 is 30.0 Å². The van der Waals surface area contributed by atoms with Crippen LogP contribution in [0.4, 0.5) is 18.9 Å². The third-order valence-electron chi connectivity index (χ3n) is 5.36. The number of carboxylic acid groups (broad SMARTS) is 1. The van der Waals surface area contributed by atoms with E-state index in [4.69, 9.17) is 15.6 Å². The molecule has 1 atom stereocenters. The van der Waals surface area contributed by atoms with E-state index in [2.05, 4.69) is 5.10 Å². The second kappa shape index (κ2) is 10.4. The molecule has 0 radical (unpaired) electrons. The van der Waals surface area contributed by atoms with Crippen LogP contribution in [-0.4, -0.2) is 39.4 Å². The Labute approximate surface area is 204 Å². The number of fused-ring (bicyclic) bond motifs is 1. The molecular weight excluding hydrogens is 489 g/mol. The summed E-state index contributed by atoms with van der Waals surface area (Å²) in [7, 11) is 0. The number of anilines is 1. The summed E-state index contributed by atoms with van der Waals surface area (Å²) in [5.41, 5.74) is 6.57. The molecule has 12 heteroatoms. The lowest BCUT2D eigenvalue weighted by molar-refractivity contribution is -0.143. The molecule has 3 N–H and O–H groups in total. The van der Waals surface area contributed by atoms with Crippen LogP contribution in [0.5, 0.6) is 5.75 Å². The number of benzene rings is 2. The van der Waals surface area contributed by atoms with Crippen molar-refractivity contribution in [3.8, 4) is 11.4 Å². The molecule has 0 aliphatic carbocycles. The SMILES string of the molecule is Cl.NC(CC(=O)O)C(=O)N1CCc2cc(OCc3cc(C(F)(F)F)n(-c4ccccc4)n3)ccc21. The van der Waals surface area contributed by atoms with Crippen molar-refractivity contribution in [3.05, 3.63) is 71.5 Å². The van der Waals surface area contributed by atoms with Gasteiger partial charge in [-0.25, -0.2) is 4.68 Å². The second-order valence-electron chi connectivity index (χ2n) is 7.79. The largest absolute Gasteiger partial charge is 0.487 e. The molecule has 2 heterocycles. The fourth-order valence-electron chi connectivity index (χ4n) is 3.80. The quantitative estimate of drug-likeness (QED) is 0.502. The number of amides is 1. The molecule has 186 valence electrons. The van der Waals surface area contributed by atoms with Crippen molar-refractivity contribution in [1.29, 1.82) is 0 Å². The number of halogens is 4. The summed E-state index contributed by atoms with van der Waals surface area (Å²) in [5.74, 6) is -1.24. The topological polar surface area (TPSA) is 111 Å². The van der Waals surface area contributed by atoms with Gasteiger partial charge in [0.1, 0.15) is 23.7 Å². The summed E-state index contributed by atoms with van der Waals surface area (Å²) in [6.07, 6.45) is -4.55. The van der Waals surface area contributed by atoms with Crippen LogP contribution < -0.4 is 15.4 Å². The number of carbonyl (C=O) groups excluding carboxylic acids is 1. The average Bonchev–Trinajstić information content (AvgIpc) is 3.41. The van der Waals surface area contributed by atoms with Gasteiger partial charge >= 0.3 is 12.1 Å². The van der Waals surface area contributed by atoms with E-state index in [1.165, 1.54) is 17.0 Å². The summed E-state index contributed by atoms with van der Waals surface area (Å²) >= 11 is 0. The maximum atomic E-state index is 13.5. The van der Waals surface area contributed by atoms with E-state index in [9.17, 15) is 22.8 Å². The number of para-hydroxylation sites is 1. The van der Waals surface area contributed by atoms with Crippen molar-refractivity contribution in [2.24, 2.45) is 5.73 Å². The fraction of sp³-hybridized carbons (Fsp3) is 0.261. The van der Waals surface area contributed by atoms with Gasteiger partial charge in [0.25, 0.3) is 0 Å². The standard InChI is InChI=1S/C23H21F3N4O4.ClH/c24-23(25,26)20-11-15(28-30(20)16-4-2-1-3-5-16)13-34-17-6-7-19-14(10-17)8-9-29(19)22(33)18(27)12-21(31)32;/h1-7,10-11,18H,8-9,12-13,27H2,(H,31,32);1H. The van der Waals surface area contributed by atoms with Crippen LogP contribution in [0.1, 0.15) is 23.4 Å². The van der Waals surface area contributed by atoms with Crippen LogP contribution in [-0.2, 0) is 28.8 Å². The maximum absolute atomic E-state index is 13.5. The third-order valence-corrected chi connectivity index (χ3v) is 5.36. The Bertz CT molecular complexity index is 1220. The zero-order valence-corrected chi connectivity index (χ0v) is 19.1. The van der Waals surface area contributed by atoms with E-state index in [-0.39, 0.29) is 30.4 Å². The highest BCUT2D eigenvalue weighted by atomic mass is 35.5. The van der Waals surface area contributed by atoms with Gasteiger partial charge in [-0.15, -0.1) is 12.4 Å². The number of hydrogen-bond donors (Lipinski definition) is 2. The zero-order valence-electron chi connectivity index (χ0n) is 18.2. The molecule has 4 rings (SSSR count). The minimum Gasteiger partial charge on any atom is -0.487 e. The van der Waals surface area contributed by atoms with E-state index < -0.39 is 36.2 Å². The Hall–Kier alpha value is -3.57. The van der Waals surface area contributed by atoms with E-state index in [0.29, 0.717) is 24.4 Å². The molecule has 1 unspecified atom stereocenters. The Balaban J connectivity index is 0.00000342. The Morgan fingerprint density at radius 2 is 1.86 bits per heavy atom. The molecule has 0 spiro atoms. The fourth-order valence-corrected chi connectivity index (χ4v) is 3.80. The maximum Gasteiger partial charge on any atom is 0.433 e. The first-order valence-electron chi connectivity index (χ1n) is 10.4.